The highest BCUT2D eigenvalue weighted by atomic mass is 32.2. The number of hydrogen-bond donors (Lipinski definition) is 6. The molecule has 4 aromatic carbocycles. The molecule has 0 bridgehead atoms. The Morgan fingerprint density at radius 3 is 2.10 bits per heavy atom. The van der Waals surface area contributed by atoms with E-state index in [1.165, 1.54) is 30.4 Å². The van der Waals surface area contributed by atoms with E-state index in [9.17, 15) is 62.8 Å². The summed E-state index contributed by atoms with van der Waals surface area (Å²) in [5, 5.41) is 64.2. The summed E-state index contributed by atoms with van der Waals surface area (Å²) in [4.78, 5) is 2.36. The number of phenolic OH excluding ortho intramolecular Hbond substituents is 1. The topological polar surface area (TPSA) is 408 Å². The van der Waals surface area contributed by atoms with Crippen molar-refractivity contribution in [1.29, 1.82) is 5.26 Å². The van der Waals surface area contributed by atoms with Crippen LogP contribution in [-0.2, 0) is 40.5 Å². The number of fused-ring (bicyclic) bond motifs is 4. The number of thioether (sulfide) groups is 1. The van der Waals surface area contributed by atoms with Gasteiger partial charge in [0.15, 0.2) is 21.4 Å². The molecule has 0 fully saturated rings. The molecule has 26 nitrogen and oxygen atoms in total. The zero-order valence-electron chi connectivity index (χ0n) is 35.0. The van der Waals surface area contributed by atoms with Crippen LogP contribution in [-0.4, -0.2) is 106 Å². The van der Waals surface area contributed by atoms with Gasteiger partial charge in [-0.05, 0) is 67.6 Å². The maximum atomic E-state index is 12.8. The molecule has 0 aliphatic carbocycles. The summed E-state index contributed by atoms with van der Waals surface area (Å²) in [6.45, 7) is 2.60. The Kier molecular flexibility index (Phi) is 14.1. The lowest BCUT2D eigenvalue weighted by atomic mass is 10.1. The van der Waals surface area contributed by atoms with Crippen molar-refractivity contribution in [3.05, 3.63) is 71.3 Å². The van der Waals surface area contributed by atoms with Crippen molar-refractivity contribution >= 4 is 125 Å². The Labute approximate surface area is 397 Å². The molecule has 0 aliphatic heterocycles. The first-order chi connectivity index (χ1) is 32.3. The minimum atomic E-state index is -5.32. The zero-order chi connectivity index (χ0) is 50.2. The fraction of sp³-hybridized carbons (Fsp3) is 0.189. The SMILES string of the molecule is Cc1cc(N=Nc2c(S(=O)(=O)O)cc3cc(S(=O)(=O)O)c(N=Nc4c(C)c(C#N)c5nc6ccccc6n5c4O)cc3c2O)c(OCCCS(=O)(=O)O)cc1N=Nc1nnc(SCCS(=O)(=O)O)s1. The van der Waals surface area contributed by atoms with E-state index >= 15 is 0 Å². The van der Waals surface area contributed by atoms with E-state index < -0.39 is 90.2 Å². The summed E-state index contributed by atoms with van der Waals surface area (Å²) in [5.41, 5.74) is -0.719. The second-order valence-electron chi connectivity index (χ2n) is 14.3. The summed E-state index contributed by atoms with van der Waals surface area (Å²) < 4.78 is 142. The number of pyridine rings is 1. The summed E-state index contributed by atoms with van der Waals surface area (Å²) in [7, 11) is -19.1. The van der Waals surface area contributed by atoms with Gasteiger partial charge in [0, 0.05) is 22.8 Å². The van der Waals surface area contributed by atoms with Crippen LogP contribution >= 0.6 is 23.1 Å². The molecule has 0 atom stereocenters. The predicted octanol–water partition coefficient (Wildman–Crippen LogP) is 7.77. The van der Waals surface area contributed by atoms with Crippen LogP contribution in [0.3, 0.4) is 0 Å². The van der Waals surface area contributed by atoms with Gasteiger partial charge in [-0.1, -0.05) is 35.2 Å². The number of azo groups is 3. The van der Waals surface area contributed by atoms with Crippen LogP contribution in [0.4, 0.5) is 33.6 Å². The monoisotopic (exact) mass is 1060 g/mol. The molecule has 0 saturated carbocycles. The average Bonchev–Trinajstić information content (AvgIpc) is 3.88. The number of phenols is 1. The molecule has 3 aromatic heterocycles. The molecule has 7 rings (SSSR count). The van der Waals surface area contributed by atoms with Gasteiger partial charge in [0.2, 0.25) is 5.88 Å². The van der Waals surface area contributed by atoms with Gasteiger partial charge >= 0.3 is 0 Å². The van der Waals surface area contributed by atoms with Crippen molar-refractivity contribution < 1.29 is 66.8 Å². The second-order valence-corrected chi connectivity index (χ2v) is 22.5. The lowest BCUT2D eigenvalue weighted by molar-refractivity contribution is 0.317. The van der Waals surface area contributed by atoms with Crippen molar-refractivity contribution in [2.24, 2.45) is 30.7 Å². The lowest BCUT2D eigenvalue weighted by Gasteiger charge is -2.13. The number of nitrogens with zero attached hydrogens (tertiary/aromatic N) is 11. The average molecular weight is 1060 g/mol. The molecule has 0 spiro atoms. The predicted molar refractivity (Wildman–Crippen MR) is 246 cm³/mol. The number of aromatic hydroxyl groups is 2. The van der Waals surface area contributed by atoms with Crippen molar-refractivity contribution in [2.75, 3.05) is 23.9 Å². The Hall–Kier alpha value is -6.67. The molecule has 0 saturated heterocycles. The van der Waals surface area contributed by atoms with Gasteiger partial charge in [0.25, 0.3) is 45.6 Å². The van der Waals surface area contributed by atoms with E-state index in [-0.39, 0.29) is 68.9 Å². The molecule has 0 unspecified atom stereocenters. The van der Waals surface area contributed by atoms with E-state index in [4.69, 9.17) is 9.29 Å². The van der Waals surface area contributed by atoms with E-state index in [2.05, 4.69) is 45.9 Å². The molecule has 0 aliphatic rings. The first-order valence-electron chi connectivity index (χ1n) is 19.0. The Morgan fingerprint density at radius 1 is 0.768 bits per heavy atom. The summed E-state index contributed by atoms with van der Waals surface area (Å²) >= 11 is 1.93. The third-order valence-electron chi connectivity index (χ3n) is 9.54. The van der Waals surface area contributed by atoms with Gasteiger partial charge in [-0.3, -0.25) is 22.6 Å². The van der Waals surface area contributed by atoms with E-state index in [0.717, 1.165) is 41.3 Å². The summed E-state index contributed by atoms with van der Waals surface area (Å²) in [6, 6.07) is 13.5. The van der Waals surface area contributed by atoms with E-state index in [0.29, 0.717) is 20.9 Å². The number of rotatable bonds is 17. The molecule has 360 valence electrons. The van der Waals surface area contributed by atoms with Crippen LogP contribution in [0.15, 0.2) is 99.4 Å². The number of aromatic nitrogens is 4. The number of para-hydroxylation sites is 2. The number of aryl methyl sites for hydroxylation is 1. The van der Waals surface area contributed by atoms with Crippen LogP contribution in [0.1, 0.15) is 23.1 Å². The molecule has 3 heterocycles. The Bertz CT molecular complexity index is 3850. The third-order valence-corrected chi connectivity index (χ3v) is 15.0. The summed E-state index contributed by atoms with van der Waals surface area (Å²) in [5.74, 6) is -3.01. The molecular formula is C37H31N11O15S6. The maximum Gasteiger partial charge on any atom is 0.296 e. The summed E-state index contributed by atoms with van der Waals surface area (Å²) in [6.07, 6.45) is -0.236. The number of ether oxygens (including phenoxy) is 1. The largest absolute Gasteiger partial charge is 0.505 e. The van der Waals surface area contributed by atoms with Gasteiger partial charge < -0.3 is 14.9 Å². The standard InChI is InChI=1S/C37H31N11O15S6/c1-18-12-25(28(63-8-5-10-66(51,52)53)16-24(18)40-45-36-46-47-37(65-36)64-9-11-67(54,55)56)41-44-32-30(69(60,61)62)14-20-13-29(68(57,58)59)26(15-21(20)33(32)49)42-43-31-19(2)22(17-38)34-39-23-6-3-4-7-27(23)48(34)35(31)50/h3-4,6-7,12-16,49-50H,5,8-11H2,1-2H3,(H,51,52,53)(H,54,55,56)(H,57,58,59)(H,60,61,62). The van der Waals surface area contributed by atoms with E-state index in [1.807, 2.05) is 6.07 Å². The fourth-order valence-corrected chi connectivity index (χ4v) is 10.7. The number of imidazole rings is 1. The van der Waals surface area contributed by atoms with Gasteiger partial charge in [-0.2, -0.15) is 38.9 Å². The Balaban J connectivity index is 1.31. The molecule has 69 heavy (non-hydrogen) atoms. The van der Waals surface area contributed by atoms with Gasteiger partial charge in [0.1, 0.15) is 44.2 Å². The number of benzene rings is 4. The maximum absolute atomic E-state index is 12.8. The molecule has 6 N–H and O–H groups in total. The fourth-order valence-electron chi connectivity index (χ4n) is 6.39. The zero-order valence-corrected chi connectivity index (χ0v) is 39.9. The number of hydrogen-bond acceptors (Lipinski definition) is 23. The smallest absolute Gasteiger partial charge is 0.296 e. The first-order valence-corrected chi connectivity index (χ1v) is 26.9. The highest BCUT2D eigenvalue weighted by Gasteiger charge is 2.27. The molecular weight excluding hydrogens is 1030 g/mol. The van der Waals surface area contributed by atoms with E-state index in [1.54, 1.807) is 24.3 Å². The molecule has 0 amide bonds. The minimum Gasteiger partial charge on any atom is -0.505 e. The Morgan fingerprint density at radius 2 is 1.42 bits per heavy atom. The van der Waals surface area contributed by atoms with Crippen LogP contribution in [0, 0.1) is 25.2 Å². The van der Waals surface area contributed by atoms with Crippen LogP contribution in [0.2, 0.25) is 0 Å². The molecule has 0 radical (unpaired) electrons. The lowest BCUT2D eigenvalue weighted by Crippen LogP contribution is -2.08. The van der Waals surface area contributed by atoms with Crippen molar-refractivity contribution in [1.82, 2.24) is 19.6 Å². The third kappa shape index (κ3) is 11.4. The van der Waals surface area contributed by atoms with Crippen LogP contribution < -0.4 is 4.74 Å². The van der Waals surface area contributed by atoms with Gasteiger partial charge in [-0.15, -0.1) is 40.9 Å². The normalized spacial score (nSPS) is 12.9. The second kappa shape index (κ2) is 19.4. The minimum absolute atomic E-state index is 0.0191. The first kappa shape index (κ1) is 50.2. The van der Waals surface area contributed by atoms with Gasteiger partial charge in [-0.25, -0.2) is 4.98 Å². The van der Waals surface area contributed by atoms with Crippen molar-refractivity contribution in [2.45, 2.75) is 34.4 Å². The van der Waals surface area contributed by atoms with Crippen molar-refractivity contribution in [3.63, 3.8) is 0 Å². The van der Waals surface area contributed by atoms with Crippen molar-refractivity contribution in [3.8, 4) is 23.4 Å². The number of nitriles is 1. The van der Waals surface area contributed by atoms with Crippen LogP contribution in [0.25, 0.3) is 27.5 Å². The quantitative estimate of drug-likeness (QED) is 0.0219. The molecule has 32 heteroatoms. The highest BCUT2D eigenvalue weighted by Crippen LogP contribution is 2.46. The highest BCUT2D eigenvalue weighted by molar-refractivity contribution is 8.01. The van der Waals surface area contributed by atoms with Gasteiger partial charge in [0.05, 0.1) is 34.8 Å². The van der Waals surface area contributed by atoms with Crippen LogP contribution in [0.5, 0.6) is 17.4 Å². The molecule has 7 aromatic rings.